The van der Waals surface area contributed by atoms with E-state index in [1.54, 1.807) is 33.4 Å². The second-order valence-electron chi connectivity index (χ2n) is 24.6. The summed E-state index contributed by atoms with van der Waals surface area (Å²) >= 11 is 0.609. The topological polar surface area (TPSA) is 214 Å². The molecule has 0 saturated carbocycles. The summed E-state index contributed by atoms with van der Waals surface area (Å²) in [4.78, 5) is 18.6. The van der Waals surface area contributed by atoms with Crippen molar-refractivity contribution >= 4 is 18.1 Å². The third kappa shape index (κ3) is 10.3. The second-order valence-corrected chi connectivity index (χ2v) is 25.0. The van der Waals surface area contributed by atoms with Gasteiger partial charge < -0.3 is 53.6 Å². The van der Waals surface area contributed by atoms with Crippen LogP contribution in [0.15, 0.2) is 95.1 Å². The van der Waals surface area contributed by atoms with Crippen molar-refractivity contribution in [2.45, 2.75) is 125 Å². The normalized spacial score (nSPS) is 31.2. The van der Waals surface area contributed by atoms with E-state index in [9.17, 15) is 25.3 Å². The number of hydrogen-bond donors (Lipinski definition) is 4. The maximum absolute atomic E-state index is 12.7. The van der Waals surface area contributed by atoms with E-state index in [1.807, 2.05) is 36.4 Å². The van der Waals surface area contributed by atoms with Crippen molar-refractivity contribution in [3.05, 3.63) is 150 Å². The van der Waals surface area contributed by atoms with Gasteiger partial charge in [-0.2, -0.15) is 0 Å². The molecule has 4 aromatic carbocycles. The van der Waals surface area contributed by atoms with Gasteiger partial charge in [-0.15, -0.1) is 4.33 Å². The molecule has 4 aliphatic carbocycles. The van der Waals surface area contributed by atoms with E-state index >= 15 is 0 Å². The van der Waals surface area contributed by atoms with E-state index in [4.69, 9.17) is 37.9 Å². The van der Waals surface area contributed by atoms with Crippen molar-refractivity contribution in [1.29, 1.82) is 0 Å². The van der Waals surface area contributed by atoms with E-state index in [2.05, 4.69) is 76.4 Å². The van der Waals surface area contributed by atoms with E-state index < -0.39 is 6.10 Å². The number of phenols is 1. The molecule has 0 radical (unpaired) electrons. The number of aromatic hydroxyl groups is 1. The van der Waals surface area contributed by atoms with Crippen LogP contribution in [0.4, 0.5) is 0 Å². The lowest BCUT2D eigenvalue weighted by atomic mass is 9.79. The highest BCUT2D eigenvalue weighted by Crippen LogP contribution is 2.57. The number of quaternary nitrogens is 1. The molecular formula is C63H72N4O15S. The number of ether oxygens (including phenoxy) is 6. The standard InChI is InChI=1S/C16H19NO6S.C16H19NO4.C16H19NO2.C15H15NO3/c1-17-7-9-3-4-12(19-2)16-15(9)14-10(8-17)5-11(6-13(14)20-16)21-24-23-22-18;1-17(19)7-9-3-4-12(20-2)16-15(9)14-10(8-17)5-11(18)6-13(14)21-16;1-9-3-4-10-7-17(2)8-11-5-12(18)6-13-14(11)15(10)16(9)19-13;1-16-6-8-2-3-11(18)15-14(8)13-9(7-16)4-10(17)5-12(13)19-15/h3-5,11,13-14,18H,6-8H2,1-2H3;3-5,11,13-14,18H,6-8H2,1-2H3;3-5,12-14,18H,6-8H2,1-2H3;2-4,12-13,18H,5-7H2,1H3. The van der Waals surface area contributed by atoms with Crippen LogP contribution >= 0.6 is 12.3 Å². The van der Waals surface area contributed by atoms with Gasteiger partial charge in [0.1, 0.15) is 43.3 Å². The molecule has 0 aromatic heterocycles. The van der Waals surface area contributed by atoms with E-state index in [0.29, 0.717) is 68.5 Å². The van der Waals surface area contributed by atoms with Gasteiger partial charge in [0, 0.05) is 111 Å². The molecule has 12 aliphatic rings. The lowest BCUT2D eigenvalue weighted by Gasteiger charge is -2.39. The minimum absolute atomic E-state index is 0.00203. The molecule has 4 aromatic rings. The highest BCUT2D eigenvalue weighted by molar-refractivity contribution is 7.89. The minimum atomic E-state index is -0.539. The summed E-state index contributed by atoms with van der Waals surface area (Å²) in [6.07, 6.45) is 8.98. The van der Waals surface area contributed by atoms with Crippen LogP contribution in [0.2, 0.25) is 0 Å². The Bertz CT molecular complexity index is 3380. The van der Waals surface area contributed by atoms with E-state index in [1.165, 1.54) is 44.5 Å². The quantitative estimate of drug-likeness (QED) is 0.0274. The summed E-state index contributed by atoms with van der Waals surface area (Å²) in [5.74, 6) is 5.88. The zero-order chi connectivity index (χ0) is 57.7. The number of hydrogen-bond acceptors (Lipinski definition) is 19. The number of benzene rings is 4. The molecular weight excluding hydrogens is 1080 g/mol. The largest absolute Gasteiger partial charge is 0.633 e. The molecule has 8 heterocycles. The van der Waals surface area contributed by atoms with Crippen molar-refractivity contribution < 1.29 is 72.0 Å². The fourth-order valence-electron chi connectivity index (χ4n) is 15.4. The Morgan fingerprint density at radius 3 is 1.70 bits per heavy atom. The van der Waals surface area contributed by atoms with Gasteiger partial charge in [0.25, 0.3) is 0 Å². The number of allylic oxidation sites excluding steroid dienone is 1. The van der Waals surface area contributed by atoms with Crippen LogP contribution in [0.3, 0.4) is 0 Å². The Labute approximate surface area is 487 Å². The van der Waals surface area contributed by atoms with Gasteiger partial charge in [-0.25, -0.2) is 5.26 Å². The zero-order valence-electron chi connectivity index (χ0n) is 47.7. The van der Waals surface area contributed by atoms with Gasteiger partial charge in [0.2, 0.25) is 0 Å². The number of nitrogens with zero attached hydrogens (tertiary/aromatic N) is 4. The lowest BCUT2D eigenvalue weighted by molar-refractivity contribution is -0.869. The number of aliphatic hydroxyl groups excluding tert-OH is 2. The molecule has 12 unspecified atom stereocenters. The van der Waals surface area contributed by atoms with Gasteiger partial charge >= 0.3 is 0 Å². The van der Waals surface area contributed by atoms with E-state index in [-0.39, 0.29) is 70.6 Å². The fraction of sp³-hybridized carbons (Fsp3) is 0.476. The number of aryl methyl sites for hydroxylation is 1. The van der Waals surface area contributed by atoms with Crippen molar-refractivity contribution in [1.82, 2.24) is 14.7 Å². The first-order valence-corrected chi connectivity index (χ1v) is 29.3. The van der Waals surface area contributed by atoms with Crippen LogP contribution in [-0.4, -0.2) is 157 Å². The average molecular weight is 1160 g/mol. The van der Waals surface area contributed by atoms with Crippen molar-refractivity contribution in [2.24, 2.45) is 0 Å². The Morgan fingerprint density at radius 1 is 0.590 bits per heavy atom. The number of phenolic OH excluding ortho intramolecular Hbond substituents is 1. The number of hydroxylamine groups is 3. The van der Waals surface area contributed by atoms with Crippen LogP contribution in [0.25, 0.3) is 0 Å². The van der Waals surface area contributed by atoms with Gasteiger partial charge in [0.15, 0.2) is 52.6 Å². The Morgan fingerprint density at radius 2 is 1.07 bits per heavy atom. The maximum atomic E-state index is 12.7. The molecule has 0 saturated heterocycles. The predicted octanol–water partition coefficient (Wildman–Crippen LogP) is 7.93. The second kappa shape index (κ2) is 22.1. The molecule has 0 bridgehead atoms. The van der Waals surface area contributed by atoms with Crippen LogP contribution in [-0.2, 0) is 44.5 Å². The highest BCUT2D eigenvalue weighted by atomic mass is 32.2. The van der Waals surface area contributed by atoms with Gasteiger partial charge in [0.05, 0.1) is 45.5 Å². The summed E-state index contributed by atoms with van der Waals surface area (Å²) in [7, 11) is 11.3. The van der Waals surface area contributed by atoms with Crippen LogP contribution in [0.5, 0.6) is 40.2 Å². The van der Waals surface area contributed by atoms with Crippen molar-refractivity contribution in [3.63, 3.8) is 0 Å². The first kappa shape index (κ1) is 56.2. The molecule has 0 spiro atoms. The summed E-state index contributed by atoms with van der Waals surface area (Å²) in [5.41, 5.74) is 15.7. The SMILES string of the molecule is CN1CC2=CC(=O)CC3Oc4c(O)ccc(c4C23)C1.COc1ccc2c3c1OC1CC(O)C=C(C[N+](C)([O-])C2)C31.COc1ccc2c3c1OC1CC(OSOOO)C=C(CN(C)C2)C31.Cc1ccc2c3c1OC1CC(O)C=C(CN(C)C2)C31. The molecule has 0 amide bonds. The molecule has 19 nitrogen and oxygen atoms in total. The first-order chi connectivity index (χ1) is 40.0. The van der Waals surface area contributed by atoms with Crippen molar-refractivity contribution in [2.75, 3.05) is 68.6 Å². The maximum Gasteiger partial charge on any atom is 0.198 e. The fourth-order valence-corrected chi connectivity index (χ4v) is 15.7. The third-order valence-corrected chi connectivity index (χ3v) is 18.8. The molecule has 0 fully saturated rings. The smallest absolute Gasteiger partial charge is 0.198 e. The number of carbonyl (C=O) groups is 1. The number of likely N-dealkylation sites (N-methyl/N-ethyl adjacent to an activating group) is 4. The summed E-state index contributed by atoms with van der Waals surface area (Å²) in [6, 6.07) is 16.0. The van der Waals surface area contributed by atoms with E-state index in [0.717, 1.165) is 90.1 Å². The lowest BCUT2D eigenvalue weighted by Crippen LogP contribution is -2.40. The Hall–Kier alpha value is -5.98. The Kier molecular flexibility index (Phi) is 15.0. The summed E-state index contributed by atoms with van der Waals surface area (Å²) in [5, 5.41) is 54.5. The van der Waals surface area contributed by atoms with Crippen LogP contribution < -0.4 is 28.4 Å². The van der Waals surface area contributed by atoms with Gasteiger partial charge in [-0.05, 0) is 103 Å². The zero-order valence-corrected chi connectivity index (χ0v) is 48.6. The molecule has 83 heavy (non-hydrogen) atoms. The molecule has 12 atom stereocenters. The number of ketones is 1. The monoisotopic (exact) mass is 1160 g/mol. The molecule has 4 N–H and O–H groups in total. The molecule has 16 rings (SSSR count). The molecule has 8 aliphatic heterocycles. The third-order valence-electron chi connectivity index (χ3n) is 18.4. The number of carbonyl (C=O) groups excluding carboxylic acids is 1. The first-order valence-electron chi connectivity index (χ1n) is 28.6. The van der Waals surface area contributed by atoms with Gasteiger partial charge in [-0.1, -0.05) is 47.5 Å². The number of rotatable bonds is 6. The van der Waals surface area contributed by atoms with Crippen LogP contribution in [0.1, 0.15) is 99.4 Å². The average Bonchev–Trinajstić information content (AvgIpc) is 4.23. The summed E-state index contributed by atoms with van der Waals surface area (Å²) < 4.78 is 44.8. The highest BCUT2D eigenvalue weighted by Gasteiger charge is 2.50. The number of aliphatic hydroxyl groups is 2. The van der Waals surface area contributed by atoms with Gasteiger partial charge in [-0.3, -0.25) is 23.7 Å². The number of methoxy groups -OCH3 is 2. The molecule has 20 heteroatoms. The molecule has 440 valence electrons. The summed E-state index contributed by atoms with van der Waals surface area (Å²) in [6.45, 7) is 8.15. The van der Waals surface area contributed by atoms with Crippen LogP contribution in [0, 0.1) is 12.1 Å². The predicted molar refractivity (Wildman–Crippen MR) is 306 cm³/mol. The Balaban J connectivity index is 0.000000104. The minimum Gasteiger partial charge on any atom is -0.633 e. The van der Waals surface area contributed by atoms with Crippen molar-refractivity contribution in [3.8, 4) is 40.2 Å².